The van der Waals surface area contributed by atoms with Crippen LogP contribution in [0.25, 0.3) is 20.4 Å². The molecule has 0 bridgehead atoms. The minimum atomic E-state index is 0.638. The van der Waals surface area contributed by atoms with Crippen molar-refractivity contribution in [2.45, 2.75) is 6.92 Å². The van der Waals surface area contributed by atoms with Crippen molar-refractivity contribution in [3.8, 4) is 0 Å². The van der Waals surface area contributed by atoms with Gasteiger partial charge in [-0.3, -0.25) is 0 Å². The van der Waals surface area contributed by atoms with Crippen molar-refractivity contribution in [3.63, 3.8) is 0 Å². The van der Waals surface area contributed by atoms with Crippen LogP contribution >= 0.6 is 23.6 Å². The number of aromatic nitrogens is 3. The highest BCUT2D eigenvalue weighted by Crippen LogP contribution is 2.35. The Morgan fingerprint density at radius 1 is 1.38 bits per heavy atom. The van der Waals surface area contributed by atoms with Crippen LogP contribution in [0.5, 0.6) is 0 Å². The average Bonchev–Trinajstić information content (AvgIpc) is 2.89. The third-order valence-electron chi connectivity index (χ3n) is 3.77. The first-order valence-corrected chi connectivity index (χ1v) is 8.07. The molecule has 4 heterocycles. The van der Waals surface area contributed by atoms with Gasteiger partial charge in [0.05, 0.1) is 29.8 Å². The summed E-state index contributed by atoms with van der Waals surface area (Å²) in [5.41, 5.74) is 2.26. The zero-order valence-corrected chi connectivity index (χ0v) is 13.2. The van der Waals surface area contributed by atoms with Gasteiger partial charge in [-0.15, -0.1) is 11.3 Å². The van der Waals surface area contributed by atoms with Gasteiger partial charge in [0.2, 0.25) is 0 Å². The molecule has 0 spiro atoms. The predicted molar refractivity (Wildman–Crippen MR) is 87.9 cm³/mol. The number of H-pyrrole nitrogens is 1. The summed E-state index contributed by atoms with van der Waals surface area (Å²) >= 11 is 6.93. The molecule has 3 aromatic heterocycles. The number of thiophene rings is 1. The smallest absolute Gasteiger partial charge is 0.147 e. The van der Waals surface area contributed by atoms with Gasteiger partial charge < -0.3 is 14.6 Å². The van der Waals surface area contributed by atoms with Gasteiger partial charge in [0.1, 0.15) is 15.3 Å². The van der Waals surface area contributed by atoms with E-state index < -0.39 is 0 Å². The van der Waals surface area contributed by atoms with E-state index in [1.54, 1.807) is 17.7 Å². The fraction of sp³-hybridized carbons (Fsp3) is 0.357. The predicted octanol–water partition coefficient (Wildman–Crippen LogP) is 3.05. The van der Waals surface area contributed by atoms with E-state index in [9.17, 15) is 0 Å². The first kappa shape index (κ1) is 13.1. The number of nitrogens with one attached hydrogen (secondary N) is 1. The number of pyridine rings is 1. The van der Waals surface area contributed by atoms with Gasteiger partial charge in [-0.25, -0.2) is 9.97 Å². The lowest BCUT2D eigenvalue weighted by atomic mass is 10.2. The molecule has 1 N–H and O–H groups in total. The summed E-state index contributed by atoms with van der Waals surface area (Å²) in [4.78, 5) is 15.5. The first-order chi connectivity index (χ1) is 10.2. The number of fused-ring (bicyclic) bond motifs is 3. The van der Waals surface area contributed by atoms with E-state index in [0.29, 0.717) is 4.64 Å². The molecule has 1 saturated heterocycles. The molecule has 0 unspecified atom stereocenters. The summed E-state index contributed by atoms with van der Waals surface area (Å²) in [6.45, 7) is 5.43. The molecule has 3 aromatic rings. The molecule has 0 aromatic carbocycles. The number of morpholine rings is 1. The minimum Gasteiger partial charge on any atom is -0.378 e. The summed E-state index contributed by atoms with van der Waals surface area (Å²) in [6.07, 6.45) is 1.66. The summed E-state index contributed by atoms with van der Waals surface area (Å²) in [5, 5.41) is 1.15. The van der Waals surface area contributed by atoms with E-state index in [1.807, 2.05) is 0 Å². The molecule has 1 aliphatic rings. The SMILES string of the molecule is Cc1cc(N2CCOCC2)nc2sc3c(=S)nc[nH]c3c12. The van der Waals surface area contributed by atoms with E-state index in [-0.39, 0.29) is 0 Å². The van der Waals surface area contributed by atoms with Crippen molar-refractivity contribution in [1.29, 1.82) is 0 Å². The number of hydrogen-bond acceptors (Lipinski definition) is 6. The number of hydrogen-bond donors (Lipinski definition) is 1. The highest BCUT2D eigenvalue weighted by Gasteiger charge is 2.17. The molecule has 0 saturated carbocycles. The summed E-state index contributed by atoms with van der Waals surface area (Å²) in [5.74, 6) is 1.02. The number of rotatable bonds is 1. The standard InChI is InChI=1S/C14H14N4OS2/c1-8-6-9(18-2-4-19-5-3-18)17-14-10(8)11-12(21-14)13(20)16-7-15-11/h6-7H,2-5H2,1H3,(H,15,16,20). The van der Waals surface area contributed by atoms with Crippen LogP contribution in [0.1, 0.15) is 5.56 Å². The summed E-state index contributed by atoms with van der Waals surface area (Å²) < 4.78 is 7.06. The summed E-state index contributed by atoms with van der Waals surface area (Å²) in [6, 6.07) is 2.15. The lowest BCUT2D eigenvalue weighted by Gasteiger charge is -2.28. The van der Waals surface area contributed by atoms with Gasteiger partial charge in [-0.2, -0.15) is 0 Å². The molecular weight excluding hydrogens is 304 g/mol. The molecule has 5 nitrogen and oxygen atoms in total. The van der Waals surface area contributed by atoms with Crippen LogP contribution in [0.4, 0.5) is 5.82 Å². The highest BCUT2D eigenvalue weighted by atomic mass is 32.1. The van der Waals surface area contributed by atoms with Crippen LogP contribution in [0.2, 0.25) is 0 Å². The van der Waals surface area contributed by atoms with Crippen LogP contribution in [0, 0.1) is 11.6 Å². The Balaban J connectivity index is 1.95. The lowest BCUT2D eigenvalue weighted by Crippen LogP contribution is -2.36. The molecule has 0 atom stereocenters. The van der Waals surface area contributed by atoms with Crippen LogP contribution in [-0.4, -0.2) is 41.3 Å². The minimum absolute atomic E-state index is 0.638. The number of ether oxygens (including phenoxy) is 1. The normalized spacial score (nSPS) is 16.0. The third kappa shape index (κ3) is 2.12. The lowest BCUT2D eigenvalue weighted by molar-refractivity contribution is 0.122. The molecule has 4 rings (SSSR count). The Hall–Kier alpha value is -1.57. The van der Waals surface area contributed by atoms with Crippen LogP contribution in [0.3, 0.4) is 0 Å². The summed E-state index contributed by atoms with van der Waals surface area (Å²) in [7, 11) is 0. The fourth-order valence-corrected chi connectivity index (χ4v) is 4.10. The molecule has 1 fully saturated rings. The van der Waals surface area contributed by atoms with Crippen molar-refractivity contribution in [1.82, 2.24) is 15.0 Å². The van der Waals surface area contributed by atoms with Crippen molar-refractivity contribution in [2.75, 3.05) is 31.2 Å². The fourth-order valence-electron chi connectivity index (χ4n) is 2.72. The Kier molecular flexibility index (Phi) is 3.13. The molecule has 0 radical (unpaired) electrons. The van der Waals surface area contributed by atoms with Gasteiger partial charge in [-0.05, 0) is 18.6 Å². The van der Waals surface area contributed by atoms with Crippen molar-refractivity contribution < 1.29 is 4.74 Å². The first-order valence-electron chi connectivity index (χ1n) is 6.84. The van der Waals surface area contributed by atoms with E-state index in [1.165, 1.54) is 5.56 Å². The van der Waals surface area contributed by atoms with Gasteiger partial charge >= 0.3 is 0 Å². The number of aryl methyl sites for hydroxylation is 1. The van der Waals surface area contributed by atoms with E-state index in [4.69, 9.17) is 21.9 Å². The van der Waals surface area contributed by atoms with Gasteiger partial charge in [0.25, 0.3) is 0 Å². The quantitative estimate of drug-likeness (QED) is 0.699. The van der Waals surface area contributed by atoms with Crippen molar-refractivity contribution >= 4 is 49.8 Å². The van der Waals surface area contributed by atoms with Gasteiger partial charge in [0, 0.05) is 18.5 Å². The topological polar surface area (TPSA) is 54.0 Å². The number of aromatic amines is 1. The van der Waals surface area contributed by atoms with Crippen molar-refractivity contribution in [3.05, 3.63) is 22.6 Å². The molecule has 0 amide bonds. The largest absolute Gasteiger partial charge is 0.378 e. The third-order valence-corrected chi connectivity index (χ3v) is 5.29. The maximum atomic E-state index is 5.41. The maximum Gasteiger partial charge on any atom is 0.147 e. The molecule has 0 aliphatic carbocycles. The van der Waals surface area contributed by atoms with Crippen LogP contribution in [0.15, 0.2) is 12.4 Å². The van der Waals surface area contributed by atoms with Crippen LogP contribution in [-0.2, 0) is 4.74 Å². The molecule has 108 valence electrons. The second-order valence-corrected chi connectivity index (χ2v) is 6.48. The second-order valence-electron chi connectivity index (χ2n) is 5.09. The molecule has 1 aliphatic heterocycles. The zero-order chi connectivity index (χ0) is 14.4. The van der Waals surface area contributed by atoms with E-state index >= 15 is 0 Å². The van der Waals surface area contributed by atoms with Crippen molar-refractivity contribution in [2.24, 2.45) is 0 Å². The number of anilines is 1. The average molecular weight is 318 g/mol. The Labute approximate surface area is 130 Å². The monoisotopic (exact) mass is 318 g/mol. The maximum absolute atomic E-state index is 5.41. The highest BCUT2D eigenvalue weighted by molar-refractivity contribution is 7.71. The van der Waals surface area contributed by atoms with Crippen LogP contribution < -0.4 is 4.90 Å². The van der Waals surface area contributed by atoms with E-state index in [0.717, 1.165) is 52.6 Å². The molecule has 7 heteroatoms. The Bertz CT molecular complexity index is 880. The molecule has 21 heavy (non-hydrogen) atoms. The van der Waals surface area contributed by atoms with Gasteiger partial charge in [-0.1, -0.05) is 12.2 Å². The van der Waals surface area contributed by atoms with Gasteiger partial charge in [0.15, 0.2) is 0 Å². The van der Waals surface area contributed by atoms with E-state index in [2.05, 4.69) is 27.9 Å². The zero-order valence-electron chi connectivity index (χ0n) is 11.5. The number of nitrogens with zero attached hydrogens (tertiary/aromatic N) is 3. The Morgan fingerprint density at radius 2 is 2.19 bits per heavy atom. The second kappa shape index (κ2) is 5.01. The molecular formula is C14H14N4OS2. The Morgan fingerprint density at radius 3 is 3.00 bits per heavy atom.